The highest BCUT2D eigenvalue weighted by Gasteiger charge is 2.31. The fraction of sp³-hybridized carbons (Fsp3) is 0.500. The Morgan fingerprint density at radius 2 is 2.14 bits per heavy atom. The molecular formula is C12H15FN2O5S. The van der Waals surface area contributed by atoms with Gasteiger partial charge in [0.25, 0.3) is 0 Å². The van der Waals surface area contributed by atoms with E-state index in [0.29, 0.717) is 18.9 Å². The minimum absolute atomic E-state index is 0.128. The van der Waals surface area contributed by atoms with E-state index in [1.54, 1.807) is 0 Å². The SMILES string of the molecule is O=[N+]([O-])c1cc(S(=O)(=O)NC2CCCC2CO)ccc1F. The standard InChI is InChI=1S/C12H15FN2O5S/c13-10-5-4-9(6-12(10)15(17)18)21(19,20)14-11-3-1-2-8(11)7-16/h4-6,8,11,14,16H,1-3,7H2. The summed E-state index contributed by atoms with van der Waals surface area (Å²) >= 11 is 0. The van der Waals surface area contributed by atoms with Crippen molar-refractivity contribution >= 4 is 15.7 Å². The largest absolute Gasteiger partial charge is 0.396 e. The summed E-state index contributed by atoms with van der Waals surface area (Å²) in [6.45, 7) is -0.128. The Labute approximate surface area is 121 Å². The van der Waals surface area contributed by atoms with Crippen molar-refractivity contribution in [1.82, 2.24) is 4.72 Å². The van der Waals surface area contributed by atoms with Crippen LogP contribution in [0.2, 0.25) is 0 Å². The second-order valence-electron chi connectivity index (χ2n) is 4.97. The molecule has 0 aliphatic heterocycles. The highest BCUT2D eigenvalue weighted by atomic mass is 32.2. The molecule has 116 valence electrons. The quantitative estimate of drug-likeness (QED) is 0.625. The molecule has 0 radical (unpaired) electrons. The topological polar surface area (TPSA) is 110 Å². The lowest BCUT2D eigenvalue weighted by Gasteiger charge is -2.18. The number of nitro benzene ring substituents is 1. The number of nitro groups is 1. The van der Waals surface area contributed by atoms with Crippen LogP contribution in [-0.4, -0.2) is 31.1 Å². The lowest BCUT2D eigenvalue weighted by molar-refractivity contribution is -0.387. The first-order valence-corrected chi connectivity index (χ1v) is 7.90. The number of benzene rings is 1. The normalized spacial score (nSPS) is 22.4. The van der Waals surface area contributed by atoms with Gasteiger partial charge in [-0.25, -0.2) is 13.1 Å². The maximum Gasteiger partial charge on any atom is 0.306 e. The summed E-state index contributed by atoms with van der Waals surface area (Å²) in [6.07, 6.45) is 2.10. The number of aliphatic hydroxyl groups excluding tert-OH is 1. The molecule has 1 fully saturated rings. The highest BCUT2D eigenvalue weighted by molar-refractivity contribution is 7.89. The van der Waals surface area contributed by atoms with Gasteiger partial charge in [0.15, 0.2) is 0 Å². The molecule has 0 spiro atoms. The highest BCUT2D eigenvalue weighted by Crippen LogP contribution is 2.27. The van der Waals surface area contributed by atoms with E-state index in [1.807, 2.05) is 0 Å². The molecule has 2 N–H and O–H groups in total. The summed E-state index contributed by atoms with van der Waals surface area (Å²) in [5, 5.41) is 19.8. The molecule has 0 saturated heterocycles. The molecular weight excluding hydrogens is 303 g/mol. The van der Waals surface area contributed by atoms with E-state index in [2.05, 4.69) is 4.72 Å². The van der Waals surface area contributed by atoms with E-state index in [9.17, 15) is 28.0 Å². The molecule has 9 heteroatoms. The van der Waals surface area contributed by atoms with Crippen LogP contribution in [0.25, 0.3) is 0 Å². The predicted octanol–water partition coefficient (Wildman–Crippen LogP) is 1.17. The van der Waals surface area contributed by atoms with Crippen LogP contribution in [-0.2, 0) is 10.0 Å². The smallest absolute Gasteiger partial charge is 0.306 e. The molecule has 0 amide bonds. The third-order valence-electron chi connectivity index (χ3n) is 3.62. The zero-order valence-corrected chi connectivity index (χ0v) is 11.8. The van der Waals surface area contributed by atoms with Crippen molar-refractivity contribution < 1.29 is 22.8 Å². The van der Waals surface area contributed by atoms with Crippen molar-refractivity contribution in [3.05, 3.63) is 34.1 Å². The summed E-state index contributed by atoms with van der Waals surface area (Å²) in [5.41, 5.74) is -0.886. The van der Waals surface area contributed by atoms with Gasteiger partial charge in [-0.15, -0.1) is 0 Å². The Kier molecular flexibility index (Phi) is 4.55. The number of aliphatic hydroxyl groups is 1. The molecule has 0 bridgehead atoms. The third kappa shape index (κ3) is 3.36. The van der Waals surface area contributed by atoms with Crippen molar-refractivity contribution in [2.24, 2.45) is 5.92 Å². The summed E-state index contributed by atoms with van der Waals surface area (Å²) in [4.78, 5) is 9.33. The van der Waals surface area contributed by atoms with Gasteiger partial charge in [-0.05, 0) is 30.9 Å². The number of rotatable bonds is 5. The summed E-state index contributed by atoms with van der Waals surface area (Å²) < 4.78 is 40.1. The molecule has 0 heterocycles. The molecule has 2 unspecified atom stereocenters. The van der Waals surface area contributed by atoms with Crippen LogP contribution in [0.3, 0.4) is 0 Å². The minimum atomic E-state index is -3.99. The Morgan fingerprint density at radius 3 is 2.76 bits per heavy atom. The summed E-state index contributed by atoms with van der Waals surface area (Å²) in [5.74, 6) is -1.26. The molecule has 2 rings (SSSR count). The van der Waals surface area contributed by atoms with Gasteiger partial charge in [-0.1, -0.05) is 6.42 Å². The Bertz CT molecular complexity index is 649. The second-order valence-corrected chi connectivity index (χ2v) is 6.69. The first kappa shape index (κ1) is 15.8. The van der Waals surface area contributed by atoms with Gasteiger partial charge in [0.05, 0.1) is 9.82 Å². The number of sulfonamides is 1. The van der Waals surface area contributed by atoms with Gasteiger partial charge in [0.1, 0.15) is 0 Å². The molecule has 1 aromatic carbocycles. The van der Waals surface area contributed by atoms with Gasteiger partial charge >= 0.3 is 5.69 Å². The van der Waals surface area contributed by atoms with E-state index in [0.717, 1.165) is 18.6 Å². The Hall–Kier alpha value is -1.58. The van der Waals surface area contributed by atoms with E-state index in [-0.39, 0.29) is 17.4 Å². The molecule has 7 nitrogen and oxygen atoms in total. The molecule has 1 saturated carbocycles. The van der Waals surface area contributed by atoms with E-state index >= 15 is 0 Å². The van der Waals surface area contributed by atoms with Crippen LogP contribution < -0.4 is 4.72 Å². The van der Waals surface area contributed by atoms with Gasteiger partial charge in [0.2, 0.25) is 15.8 Å². The zero-order chi connectivity index (χ0) is 15.6. The van der Waals surface area contributed by atoms with E-state index < -0.39 is 32.5 Å². The first-order chi connectivity index (χ1) is 9.85. The maximum absolute atomic E-state index is 13.2. The lowest BCUT2D eigenvalue weighted by atomic mass is 10.1. The maximum atomic E-state index is 13.2. The molecule has 21 heavy (non-hydrogen) atoms. The molecule has 2 atom stereocenters. The van der Waals surface area contributed by atoms with Crippen molar-refractivity contribution in [2.75, 3.05) is 6.61 Å². The van der Waals surface area contributed by atoms with Crippen molar-refractivity contribution in [1.29, 1.82) is 0 Å². The van der Waals surface area contributed by atoms with Crippen LogP contribution in [0.15, 0.2) is 23.1 Å². The second kappa shape index (κ2) is 6.04. The van der Waals surface area contributed by atoms with Gasteiger partial charge in [0, 0.05) is 18.7 Å². The number of nitrogens with zero attached hydrogens (tertiary/aromatic N) is 1. The average Bonchev–Trinajstić information content (AvgIpc) is 2.85. The van der Waals surface area contributed by atoms with Crippen molar-refractivity contribution in [3.8, 4) is 0 Å². The van der Waals surface area contributed by atoms with Gasteiger partial charge < -0.3 is 5.11 Å². The lowest BCUT2D eigenvalue weighted by Crippen LogP contribution is -2.38. The van der Waals surface area contributed by atoms with Gasteiger partial charge in [-0.2, -0.15) is 4.39 Å². The minimum Gasteiger partial charge on any atom is -0.396 e. The number of halogens is 1. The van der Waals surface area contributed by atoms with Crippen LogP contribution >= 0.6 is 0 Å². The number of nitrogens with one attached hydrogen (secondary N) is 1. The third-order valence-corrected chi connectivity index (χ3v) is 5.11. The van der Waals surface area contributed by atoms with Crippen molar-refractivity contribution in [3.63, 3.8) is 0 Å². The fourth-order valence-electron chi connectivity index (χ4n) is 2.48. The summed E-state index contributed by atoms with van der Waals surface area (Å²) in [6, 6.07) is 2.02. The molecule has 1 aliphatic carbocycles. The zero-order valence-electron chi connectivity index (χ0n) is 11.0. The average molecular weight is 318 g/mol. The van der Waals surface area contributed by atoms with Crippen LogP contribution in [0.1, 0.15) is 19.3 Å². The van der Waals surface area contributed by atoms with Gasteiger partial charge in [-0.3, -0.25) is 10.1 Å². The monoisotopic (exact) mass is 318 g/mol. The fourth-order valence-corrected chi connectivity index (χ4v) is 3.84. The summed E-state index contributed by atoms with van der Waals surface area (Å²) in [7, 11) is -3.99. The molecule has 1 aliphatic rings. The van der Waals surface area contributed by atoms with Crippen LogP contribution in [0.4, 0.5) is 10.1 Å². The number of hydrogen-bond donors (Lipinski definition) is 2. The van der Waals surface area contributed by atoms with Crippen molar-refractivity contribution in [2.45, 2.75) is 30.2 Å². The Balaban J connectivity index is 2.27. The predicted molar refractivity (Wildman–Crippen MR) is 71.6 cm³/mol. The Morgan fingerprint density at radius 1 is 1.43 bits per heavy atom. The van der Waals surface area contributed by atoms with Crippen LogP contribution in [0.5, 0.6) is 0 Å². The molecule has 0 aromatic heterocycles. The first-order valence-electron chi connectivity index (χ1n) is 6.42. The van der Waals surface area contributed by atoms with Crippen LogP contribution in [0, 0.1) is 21.8 Å². The molecule has 1 aromatic rings. The van der Waals surface area contributed by atoms with E-state index in [1.165, 1.54) is 0 Å². The number of hydrogen-bond acceptors (Lipinski definition) is 5. The van der Waals surface area contributed by atoms with E-state index in [4.69, 9.17) is 0 Å².